The van der Waals surface area contributed by atoms with Gasteiger partial charge in [-0.15, -0.1) is 0 Å². The lowest BCUT2D eigenvalue weighted by Crippen LogP contribution is -2.24. The maximum atomic E-state index is 12.5. The first kappa shape index (κ1) is 17.1. The first-order chi connectivity index (χ1) is 11.3. The summed E-state index contributed by atoms with van der Waals surface area (Å²) in [6, 6.07) is 6.99. The second-order valence-electron chi connectivity index (χ2n) is 6.01. The van der Waals surface area contributed by atoms with E-state index in [0.29, 0.717) is 5.92 Å². The number of benzene rings is 1. The van der Waals surface area contributed by atoms with E-state index in [9.17, 15) is 8.42 Å². The van der Waals surface area contributed by atoms with Crippen molar-refractivity contribution in [1.29, 1.82) is 0 Å². The van der Waals surface area contributed by atoms with Gasteiger partial charge in [-0.2, -0.15) is 5.10 Å². The smallest absolute Gasteiger partial charge is 0.223 e. The Morgan fingerprint density at radius 3 is 2.50 bits per heavy atom. The predicted octanol–water partition coefficient (Wildman–Crippen LogP) is 3.01. The SMILES string of the molecule is Cc1nn2c(CNS(=O)(=O)c3ccc(C(C)C)cc3)c(C)nc2s1. The van der Waals surface area contributed by atoms with Crippen LogP contribution in [0.2, 0.25) is 0 Å². The molecule has 0 aliphatic heterocycles. The monoisotopic (exact) mass is 364 g/mol. The van der Waals surface area contributed by atoms with E-state index in [1.807, 2.05) is 26.0 Å². The number of hydrogen-bond acceptors (Lipinski definition) is 5. The summed E-state index contributed by atoms with van der Waals surface area (Å²) in [4.78, 5) is 5.46. The molecule has 3 rings (SSSR count). The van der Waals surface area contributed by atoms with E-state index in [2.05, 4.69) is 28.7 Å². The number of hydrogen-bond donors (Lipinski definition) is 1. The summed E-state index contributed by atoms with van der Waals surface area (Å²) in [6.45, 7) is 8.07. The van der Waals surface area contributed by atoms with E-state index < -0.39 is 10.0 Å². The first-order valence-electron chi connectivity index (χ1n) is 7.69. The Morgan fingerprint density at radius 1 is 1.21 bits per heavy atom. The molecule has 128 valence electrons. The third-order valence-corrected chi connectivity index (χ3v) is 6.13. The maximum Gasteiger partial charge on any atom is 0.240 e. The Kier molecular flexibility index (Phi) is 4.46. The molecule has 0 fully saturated rings. The van der Waals surface area contributed by atoms with Gasteiger partial charge >= 0.3 is 0 Å². The van der Waals surface area contributed by atoms with Crippen molar-refractivity contribution in [2.45, 2.75) is 45.1 Å². The van der Waals surface area contributed by atoms with Crippen LogP contribution in [0.4, 0.5) is 0 Å². The van der Waals surface area contributed by atoms with Gasteiger partial charge in [0, 0.05) is 0 Å². The van der Waals surface area contributed by atoms with Crippen LogP contribution in [-0.2, 0) is 16.6 Å². The molecule has 0 spiro atoms. The molecule has 2 heterocycles. The molecule has 1 N–H and O–H groups in total. The van der Waals surface area contributed by atoms with Gasteiger partial charge in [0.05, 0.1) is 22.8 Å². The zero-order valence-corrected chi connectivity index (χ0v) is 15.7. The molecule has 6 nitrogen and oxygen atoms in total. The molecule has 8 heteroatoms. The van der Waals surface area contributed by atoms with Gasteiger partial charge in [0.1, 0.15) is 5.01 Å². The molecule has 0 saturated carbocycles. The number of imidazole rings is 1. The average molecular weight is 364 g/mol. The highest BCUT2D eigenvalue weighted by atomic mass is 32.2. The van der Waals surface area contributed by atoms with Crippen LogP contribution >= 0.6 is 11.3 Å². The highest BCUT2D eigenvalue weighted by molar-refractivity contribution is 7.89. The molecule has 0 atom stereocenters. The quantitative estimate of drug-likeness (QED) is 0.755. The molecule has 0 aliphatic rings. The summed E-state index contributed by atoms with van der Waals surface area (Å²) in [6.07, 6.45) is 0. The van der Waals surface area contributed by atoms with Gasteiger partial charge in [0.15, 0.2) is 0 Å². The topological polar surface area (TPSA) is 76.4 Å². The molecule has 0 amide bonds. The highest BCUT2D eigenvalue weighted by Crippen LogP contribution is 2.20. The normalized spacial score (nSPS) is 12.4. The molecule has 2 aromatic heterocycles. The van der Waals surface area contributed by atoms with Gasteiger partial charge in [-0.1, -0.05) is 37.3 Å². The summed E-state index contributed by atoms with van der Waals surface area (Å²) in [7, 11) is -3.57. The Hall–Kier alpha value is -1.77. The van der Waals surface area contributed by atoms with E-state index >= 15 is 0 Å². The number of aryl methyl sites for hydroxylation is 2. The van der Waals surface area contributed by atoms with Crippen LogP contribution in [0.3, 0.4) is 0 Å². The number of sulfonamides is 1. The molecule has 1 aromatic carbocycles. The van der Waals surface area contributed by atoms with Crippen molar-refractivity contribution in [1.82, 2.24) is 19.3 Å². The van der Waals surface area contributed by atoms with Crippen molar-refractivity contribution in [3.05, 3.63) is 46.2 Å². The number of nitrogens with one attached hydrogen (secondary N) is 1. The number of aromatic nitrogens is 3. The minimum Gasteiger partial charge on any atom is -0.223 e. The Bertz CT molecular complexity index is 970. The predicted molar refractivity (Wildman–Crippen MR) is 94.9 cm³/mol. The minimum absolute atomic E-state index is 0.157. The molecule has 3 aromatic rings. The van der Waals surface area contributed by atoms with Gasteiger partial charge in [0.2, 0.25) is 15.0 Å². The average Bonchev–Trinajstić information content (AvgIpc) is 3.00. The first-order valence-corrected chi connectivity index (χ1v) is 9.99. The van der Waals surface area contributed by atoms with Crippen molar-refractivity contribution in [3.8, 4) is 0 Å². The maximum absolute atomic E-state index is 12.5. The molecule has 0 unspecified atom stereocenters. The fraction of sp³-hybridized carbons (Fsp3) is 0.375. The van der Waals surface area contributed by atoms with Crippen LogP contribution in [0, 0.1) is 13.8 Å². The Labute approximate surface area is 145 Å². The lowest BCUT2D eigenvalue weighted by molar-refractivity contribution is 0.579. The molecule has 0 radical (unpaired) electrons. The van der Waals surface area contributed by atoms with Crippen molar-refractivity contribution in [2.75, 3.05) is 0 Å². The second-order valence-corrected chi connectivity index (χ2v) is 8.93. The lowest BCUT2D eigenvalue weighted by Gasteiger charge is -2.09. The fourth-order valence-electron chi connectivity index (χ4n) is 2.47. The van der Waals surface area contributed by atoms with E-state index in [1.54, 1.807) is 16.6 Å². The number of nitrogens with zero attached hydrogens (tertiary/aromatic N) is 3. The molecule has 0 bridgehead atoms. The minimum atomic E-state index is -3.57. The summed E-state index contributed by atoms with van der Waals surface area (Å²) in [5.41, 5.74) is 2.66. The van der Waals surface area contributed by atoms with Crippen LogP contribution in [-0.4, -0.2) is 23.0 Å². The lowest BCUT2D eigenvalue weighted by atomic mass is 10.0. The van der Waals surface area contributed by atoms with Crippen molar-refractivity contribution < 1.29 is 8.42 Å². The van der Waals surface area contributed by atoms with Crippen molar-refractivity contribution in [3.63, 3.8) is 0 Å². The summed E-state index contributed by atoms with van der Waals surface area (Å²) in [5.74, 6) is 0.366. The fourth-order valence-corrected chi connectivity index (χ4v) is 4.26. The van der Waals surface area contributed by atoms with Crippen molar-refractivity contribution in [2.24, 2.45) is 0 Å². The van der Waals surface area contributed by atoms with Crippen LogP contribution in [0.25, 0.3) is 4.96 Å². The Morgan fingerprint density at radius 2 is 1.88 bits per heavy atom. The van der Waals surface area contributed by atoms with Crippen molar-refractivity contribution >= 4 is 26.3 Å². The standard InChI is InChI=1S/C16H20N4O2S2/c1-10(2)13-5-7-14(8-6-13)24(21,22)17-9-15-11(3)18-16-20(15)19-12(4)23-16/h5-8,10,17H,9H2,1-4H3. The zero-order chi connectivity index (χ0) is 17.5. The largest absolute Gasteiger partial charge is 0.240 e. The van der Waals surface area contributed by atoms with Crippen LogP contribution < -0.4 is 4.72 Å². The molecule has 24 heavy (non-hydrogen) atoms. The molecule has 0 saturated heterocycles. The van der Waals surface area contributed by atoms with Gasteiger partial charge < -0.3 is 0 Å². The van der Waals surface area contributed by atoms with Crippen LogP contribution in [0.1, 0.15) is 41.7 Å². The third kappa shape index (κ3) is 3.22. The van der Waals surface area contributed by atoms with Gasteiger partial charge in [0.25, 0.3) is 0 Å². The van der Waals surface area contributed by atoms with E-state index in [-0.39, 0.29) is 11.4 Å². The van der Waals surface area contributed by atoms with Crippen LogP contribution in [0.5, 0.6) is 0 Å². The number of fused-ring (bicyclic) bond motifs is 1. The molecule has 0 aliphatic carbocycles. The third-order valence-electron chi connectivity index (χ3n) is 3.88. The molecular formula is C16H20N4O2S2. The Balaban J connectivity index is 1.82. The second kappa shape index (κ2) is 6.27. The zero-order valence-electron chi connectivity index (χ0n) is 14.1. The van der Waals surface area contributed by atoms with Gasteiger partial charge in [-0.25, -0.2) is 22.6 Å². The molecular weight excluding hydrogens is 344 g/mol. The van der Waals surface area contributed by atoms with E-state index in [0.717, 1.165) is 26.9 Å². The summed E-state index contributed by atoms with van der Waals surface area (Å²) >= 11 is 1.48. The highest BCUT2D eigenvalue weighted by Gasteiger charge is 2.18. The van der Waals surface area contributed by atoms with E-state index in [1.165, 1.54) is 11.3 Å². The van der Waals surface area contributed by atoms with E-state index in [4.69, 9.17) is 0 Å². The number of rotatable bonds is 5. The summed E-state index contributed by atoms with van der Waals surface area (Å²) < 4.78 is 29.4. The summed E-state index contributed by atoms with van der Waals surface area (Å²) in [5, 5.41) is 5.27. The van der Waals surface area contributed by atoms with Crippen LogP contribution in [0.15, 0.2) is 29.2 Å². The van der Waals surface area contributed by atoms with Gasteiger partial charge in [-0.05, 0) is 37.5 Å². The van der Waals surface area contributed by atoms with Gasteiger partial charge in [-0.3, -0.25) is 0 Å².